The number of hydrogen-bond acceptors (Lipinski definition) is 2. The van der Waals surface area contributed by atoms with E-state index in [1.165, 1.54) is 0 Å². The first-order valence-corrected chi connectivity index (χ1v) is 3.89. The maximum Gasteiger partial charge on any atom is 0.342 e. The van der Waals surface area contributed by atoms with Crippen molar-refractivity contribution in [1.82, 2.24) is 5.32 Å². The highest BCUT2D eigenvalue weighted by Gasteiger charge is 2.22. The fourth-order valence-corrected chi connectivity index (χ4v) is 1.32. The van der Waals surface area contributed by atoms with Gasteiger partial charge in [-0.25, -0.2) is 9.79 Å². The molecule has 4 nitrogen and oxygen atoms in total. The first kappa shape index (κ1) is 7.21. The summed E-state index contributed by atoms with van der Waals surface area (Å²) in [6, 6.07) is -0.296. The number of urea groups is 1. The molecule has 0 aromatic rings. The number of carbonyl (C=O) groups excluding carboxylic acids is 1. The van der Waals surface area contributed by atoms with Gasteiger partial charge < -0.3 is 5.32 Å². The summed E-state index contributed by atoms with van der Waals surface area (Å²) in [5.74, 6) is 0.269. The average molecular weight is 163 g/mol. The van der Waals surface area contributed by atoms with Crippen molar-refractivity contribution in [3.63, 3.8) is 0 Å². The van der Waals surface area contributed by atoms with Crippen LogP contribution < -0.4 is 5.32 Å². The van der Waals surface area contributed by atoms with Crippen molar-refractivity contribution < 1.29 is 4.79 Å². The molecule has 12 heavy (non-hydrogen) atoms. The molecular formula is C8H9N3O. The molecule has 0 aromatic carbocycles. The fourth-order valence-electron chi connectivity index (χ4n) is 1.32. The maximum atomic E-state index is 10.9. The minimum atomic E-state index is -0.296. The van der Waals surface area contributed by atoms with E-state index in [1.807, 2.05) is 12.2 Å². The minimum Gasteiger partial charge on any atom is -0.314 e. The zero-order valence-electron chi connectivity index (χ0n) is 6.47. The predicted molar refractivity (Wildman–Crippen MR) is 46.6 cm³/mol. The molecule has 0 saturated carbocycles. The molecule has 2 atom stereocenters. The molecule has 2 amide bonds. The van der Waals surface area contributed by atoms with E-state index in [0.717, 1.165) is 6.42 Å². The lowest BCUT2D eigenvalue weighted by molar-refractivity contribution is 0.244. The van der Waals surface area contributed by atoms with Crippen molar-refractivity contribution in [3.8, 4) is 0 Å². The van der Waals surface area contributed by atoms with Gasteiger partial charge in [0.05, 0.1) is 0 Å². The largest absolute Gasteiger partial charge is 0.342 e. The number of fused-ring (bicyclic) bond motifs is 1. The number of hydrogen-bond donors (Lipinski definition) is 1. The van der Waals surface area contributed by atoms with Gasteiger partial charge >= 0.3 is 6.03 Å². The Balaban J connectivity index is 2.19. The number of rotatable bonds is 0. The summed E-state index contributed by atoms with van der Waals surface area (Å²) in [4.78, 5) is 18.7. The first-order valence-electron chi connectivity index (χ1n) is 3.89. The molecule has 0 saturated heterocycles. The topological polar surface area (TPSA) is 53.8 Å². The number of aliphatic imine (C=N–C) groups is 2. The molecule has 0 aliphatic carbocycles. The second kappa shape index (κ2) is 2.89. The first-order chi connectivity index (χ1) is 5.86. The van der Waals surface area contributed by atoms with Gasteiger partial charge in [-0.1, -0.05) is 6.08 Å². The minimum absolute atomic E-state index is 0.120. The van der Waals surface area contributed by atoms with E-state index in [9.17, 15) is 4.79 Å². The van der Waals surface area contributed by atoms with Crippen LogP contribution in [-0.2, 0) is 0 Å². The predicted octanol–water partition coefficient (Wildman–Crippen LogP) is 0.753. The average Bonchev–Trinajstić information content (AvgIpc) is 2.25. The molecule has 4 heteroatoms. The van der Waals surface area contributed by atoms with Gasteiger partial charge in [0.2, 0.25) is 0 Å². The SMILES string of the molecule is O=C1N=CCC2C=CC=NC2N1. The van der Waals surface area contributed by atoms with Crippen LogP contribution in [0.1, 0.15) is 6.42 Å². The highest BCUT2D eigenvalue weighted by Crippen LogP contribution is 2.15. The smallest absolute Gasteiger partial charge is 0.314 e. The van der Waals surface area contributed by atoms with Gasteiger partial charge in [-0.15, -0.1) is 0 Å². The number of allylic oxidation sites excluding steroid dienone is 1. The van der Waals surface area contributed by atoms with Crippen molar-refractivity contribution in [2.75, 3.05) is 0 Å². The maximum absolute atomic E-state index is 10.9. The van der Waals surface area contributed by atoms with E-state index in [0.29, 0.717) is 0 Å². The molecule has 0 bridgehead atoms. The van der Waals surface area contributed by atoms with Gasteiger partial charge in [-0.05, 0) is 12.5 Å². The number of nitrogens with one attached hydrogen (secondary N) is 1. The van der Waals surface area contributed by atoms with Crippen LogP contribution in [-0.4, -0.2) is 24.6 Å². The third kappa shape index (κ3) is 1.28. The molecule has 0 spiro atoms. The summed E-state index contributed by atoms with van der Waals surface area (Å²) in [6.07, 6.45) is 7.93. The van der Waals surface area contributed by atoms with Gasteiger partial charge in [0.1, 0.15) is 6.17 Å². The third-order valence-electron chi connectivity index (χ3n) is 1.95. The molecule has 2 aliphatic rings. The monoisotopic (exact) mass is 163 g/mol. The lowest BCUT2D eigenvalue weighted by Gasteiger charge is -2.19. The molecular weight excluding hydrogens is 154 g/mol. The van der Waals surface area contributed by atoms with E-state index >= 15 is 0 Å². The van der Waals surface area contributed by atoms with E-state index in [2.05, 4.69) is 15.3 Å². The van der Waals surface area contributed by atoms with Crippen LogP contribution in [0.5, 0.6) is 0 Å². The Morgan fingerprint density at radius 2 is 2.50 bits per heavy atom. The summed E-state index contributed by atoms with van der Waals surface area (Å²) in [5.41, 5.74) is 0. The molecule has 2 rings (SSSR count). The van der Waals surface area contributed by atoms with Crippen LogP contribution in [0.15, 0.2) is 22.1 Å². The van der Waals surface area contributed by atoms with Crippen molar-refractivity contribution in [2.24, 2.45) is 15.9 Å². The Morgan fingerprint density at radius 3 is 3.42 bits per heavy atom. The summed E-state index contributed by atoms with van der Waals surface area (Å²) in [6.45, 7) is 0. The summed E-state index contributed by atoms with van der Waals surface area (Å²) in [5, 5.41) is 2.69. The second-order valence-electron chi connectivity index (χ2n) is 2.79. The molecule has 62 valence electrons. The zero-order chi connectivity index (χ0) is 8.39. The van der Waals surface area contributed by atoms with E-state index in [1.54, 1.807) is 12.4 Å². The van der Waals surface area contributed by atoms with Crippen LogP contribution >= 0.6 is 0 Å². The molecule has 2 heterocycles. The van der Waals surface area contributed by atoms with Crippen LogP contribution in [0.3, 0.4) is 0 Å². The Labute approximate surface area is 70.1 Å². The molecule has 0 fully saturated rings. The third-order valence-corrected chi connectivity index (χ3v) is 1.95. The zero-order valence-corrected chi connectivity index (χ0v) is 6.47. The normalized spacial score (nSPS) is 32.5. The summed E-state index contributed by atoms with van der Waals surface area (Å²) >= 11 is 0. The van der Waals surface area contributed by atoms with Gasteiger partial charge in [-0.2, -0.15) is 0 Å². The molecule has 2 unspecified atom stereocenters. The molecule has 1 N–H and O–H groups in total. The Bertz CT molecular complexity index is 280. The van der Waals surface area contributed by atoms with Crippen LogP contribution in [0.2, 0.25) is 0 Å². The quantitative estimate of drug-likeness (QED) is 0.563. The van der Waals surface area contributed by atoms with Crippen molar-refractivity contribution >= 4 is 18.5 Å². The molecule has 0 aromatic heterocycles. The van der Waals surface area contributed by atoms with Crippen LogP contribution in [0.4, 0.5) is 4.79 Å². The van der Waals surface area contributed by atoms with Gasteiger partial charge in [0.25, 0.3) is 0 Å². The van der Waals surface area contributed by atoms with Gasteiger partial charge in [-0.3, -0.25) is 4.99 Å². The van der Waals surface area contributed by atoms with Crippen molar-refractivity contribution in [2.45, 2.75) is 12.6 Å². The summed E-state index contributed by atoms with van der Waals surface area (Å²) < 4.78 is 0. The fraction of sp³-hybridized carbons (Fsp3) is 0.375. The lowest BCUT2D eigenvalue weighted by Crippen LogP contribution is -2.36. The standard InChI is InChI=1S/C8H9N3O/c12-8-10-5-3-6-2-1-4-9-7(6)11-8/h1-2,4-7H,3H2,(H,11,12). The van der Waals surface area contributed by atoms with E-state index in [-0.39, 0.29) is 18.1 Å². The van der Waals surface area contributed by atoms with Crippen molar-refractivity contribution in [3.05, 3.63) is 12.2 Å². The Hall–Kier alpha value is -1.45. The number of nitrogens with zero attached hydrogens (tertiary/aromatic N) is 2. The van der Waals surface area contributed by atoms with Crippen LogP contribution in [0, 0.1) is 5.92 Å². The molecule has 2 aliphatic heterocycles. The lowest BCUT2D eigenvalue weighted by atomic mass is 10.0. The van der Waals surface area contributed by atoms with E-state index < -0.39 is 0 Å². The van der Waals surface area contributed by atoms with Crippen LogP contribution in [0.25, 0.3) is 0 Å². The number of dihydropyridines is 1. The second-order valence-corrected chi connectivity index (χ2v) is 2.79. The van der Waals surface area contributed by atoms with Gasteiger partial charge in [0.15, 0.2) is 0 Å². The van der Waals surface area contributed by atoms with E-state index in [4.69, 9.17) is 0 Å². The van der Waals surface area contributed by atoms with Gasteiger partial charge in [0, 0.05) is 18.3 Å². The number of amides is 2. The Morgan fingerprint density at radius 1 is 1.58 bits per heavy atom. The van der Waals surface area contributed by atoms with Crippen molar-refractivity contribution in [1.29, 1.82) is 0 Å². The Kier molecular flexibility index (Phi) is 1.74. The molecule has 0 radical (unpaired) electrons. The number of carbonyl (C=O) groups is 1. The summed E-state index contributed by atoms with van der Waals surface area (Å²) in [7, 11) is 0. The highest BCUT2D eigenvalue weighted by molar-refractivity contribution is 5.85. The highest BCUT2D eigenvalue weighted by atomic mass is 16.2.